The highest BCUT2D eigenvalue weighted by Crippen LogP contribution is 2.28. The van der Waals surface area contributed by atoms with Crippen LogP contribution in [-0.4, -0.2) is 20.0 Å². The Hall–Kier alpha value is -3.53. The Bertz CT molecular complexity index is 944. The average molecular weight is 374 g/mol. The number of rotatable bonds is 8. The Kier molecular flexibility index (Phi) is 6.47. The molecule has 0 fully saturated rings. The topological polar surface area (TPSA) is 44.8 Å². The van der Waals surface area contributed by atoms with E-state index >= 15 is 0 Å². The molecule has 3 aromatic carbocycles. The summed E-state index contributed by atoms with van der Waals surface area (Å²) < 4.78 is 16.2. The van der Waals surface area contributed by atoms with Crippen molar-refractivity contribution in [1.29, 1.82) is 0 Å². The Morgan fingerprint density at radius 3 is 2.25 bits per heavy atom. The zero-order valence-corrected chi connectivity index (χ0v) is 15.9. The van der Waals surface area contributed by atoms with Crippen LogP contribution in [0.5, 0.6) is 17.2 Å². The number of ketones is 1. The van der Waals surface area contributed by atoms with Gasteiger partial charge in [0.05, 0.1) is 14.2 Å². The zero-order valence-electron chi connectivity index (χ0n) is 15.9. The first-order valence-corrected chi connectivity index (χ1v) is 8.91. The van der Waals surface area contributed by atoms with Crippen LogP contribution < -0.4 is 14.2 Å². The molecule has 28 heavy (non-hydrogen) atoms. The van der Waals surface area contributed by atoms with Crippen molar-refractivity contribution in [3.8, 4) is 17.2 Å². The standard InChI is InChI=1S/C24H22O4/c1-26-23-15-11-20(16-24(23)27-2)22(25)14-10-18-8-12-21(13-9-18)28-17-19-6-4-3-5-7-19/h3-16H,17H2,1-2H3/b14-10+. The molecule has 3 aromatic rings. The normalized spacial score (nSPS) is 10.6. The Balaban J connectivity index is 1.61. The van der Waals surface area contributed by atoms with Crippen LogP contribution in [0.3, 0.4) is 0 Å². The van der Waals surface area contributed by atoms with E-state index in [1.165, 1.54) is 0 Å². The Morgan fingerprint density at radius 2 is 1.57 bits per heavy atom. The van der Waals surface area contributed by atoms with Gasteiger partial charge in [-0.15, -0.1) is 0 Å². The maximum Gasteiger partial charge on any atom is 0.185 e. The predicted molar refractivity (Wildman–Crippen MR) is 110 cm³/mol. The van der Waals surface area contributed by atoms with E-state index in [1.54, 1.807) is 44.6 Å². The molecule has 0 bridgehead atoms. The molecule has 3 rings (SSSR count). The summed E-state index contributed by atoms with van der Waals surface area (Å²) in [6.45, 7) is 0.522. The molecule has 0 aliphatic rings. The van der Waals surface area contributed by atoms with Gasteiger partial charge in [0.25, 0.3) is 0 Å². The van der Waals surface area contributed by atoms with Crippen LogP contribution in [-0.2, 0) is 6.61 Å². The molecule has 0 heterocycles. The number of methoxy groups -OCH3 is 2. The first-order valence-electron chi connectivity index (χ1n) is 8.91. The lowest BCUT2D eigenvalue weighted by molar-refractivity contribution is 0.104. The third-order valence-electron chi connectivity index (χ3n) is 4.22. The van der Waals surface area contributed by atoms with Crippen LogP contribution in [0.15, 0.2) is 78.9 Å². The van der Waals surface area contributed by atoms with Crippen molar-refractivity contribution in [1.82, 2.24) is 0 Å². The third kappa shape index (κ3) is 5.01. The fraction of sp³-hybridized carbons (Fsp3) is 0.125. The molecule has 0 spiro atoms. The highest BCUT2D eigenvalue weighted by molar-refractivity contribution is 6.07. The van der Waals surface area contributed by atoms with Gasteiger partial charge in [0, 0.05) is 5.56 Å². The molecule has 0 aliphatic heterocycles. The van der Waals surface area contributed by atoms with Crippen LogP contribution in [0.4, 0.5) is 0 Å². The lowest BCUT2D eigenvalue weighted by Gasteiger charge is -2.08. The summed E-state index contributed by atoms with van der Waals surface area (Å²) in [5.41, 5.74) is 2.57. The van der Waals surface area contributed by atoms with Crippen LogP contribution in [0.2, 0.25) is 0 Å². The minimum absolute atomic E-state index is 0.106. The summed E-state index contributed by atoms with van der Waals surface area (Å²) in [6.07, 6.45) is 3.32. The molecular weight excluding hydrogens is 352 g/mol. The number of hydrogen-bond acceptors (Lipinski definition) is 4. The van der Waals surface area contributed by atoms with E-state index in [2.05, 4.69) is 0 Å². The van der Waals surface area contributed by atoms with Crippen molar-refractivity contribution in [3.05, 3.63) is 95.6 Å². The summed E-state index contributed by atoms with van der Waals surface area (Å²) in [6, 6.07) is 22.7. The van der Waals surface area contributed by atoms with Gasteiger partial charge in [-0.3, -0.25) is 4.79 Å². The molecule has 0 saturated heterocycles. The number of ether oxygens (including phenoxy) is 3. The van der Waals surface area contributed by atoms with Gasteiger partial charge in [-0.1, -0.05) is 48.5 Å². The maximum atomic E-state index is 12.4. The largest absolute Gasteiger partial charge is 0.493 e. The highest BCUT2D eigenvalue weighted by Gasteiger charge is 2.08. The van der Waals surface area contributed by atoms with E-state index in [4.69, 9.17) is 14.2 Å². The molecule has 0 radical (unpaired) electrons. The van der Waals surface area contributed by atoms with Crippen molar-refractivity contribution in [2.24, 2.45) is 0 Å². The molecule has 142 valence electrons. The molecule has 0 aliphatic carbocycles. The minimum Gasteiger partial charge on any atom is -0.493 e. The molecule has 0 saturated carbocycles. The first kappa shape index (κ1) is 19.2. The van der Waals surface area contributed by atoms with E-state index in [0.717, 1.165) is 16.9 Å². The van der Waals surface area contributed by atoms with Crippen molar-refractivity contribution in [2.45, 2.75) is 6.61 Å². The van der Waals surface area contributed by atoms with Gasteiger partial charge in [0.1, 0.15) is 12.4 Å². The van der Waals surface area contributed by atoms with Gasteiger partial charge >= 0.3 is 0 Å². The van der Waals surface area contributed by atoms with Gasteiger partial charge in [-0.25, -0.2) is 0 Å². The average Bonchev–Trinajstić information content (AvgIpc) is 2.77. The van der Waals surface area contributed by atoms with Gasteiger partial charge in [0.15, 0.2) is 17.3 Å². The summed E-state index contributed by atoms with van der Waals surface area (Å²) in [5.74, 6) is 1.80. The van der Waals surface area contributed by atoms with E-state index in [0.29, 0.717) is 23.7 Å². The fourth-order valence-electron chi connectivity index (χ4n) is 2.67. The van der Waals surface area contributed by atoms with Crippen LogP contribution in [0, 0.1) is 0 Å². The lowest BCUT2D eigenvalue weighted by Crippen LogP contribution is -1.97. The first-order chi connectivity index (χ1) is 13.7. The second-order valence-corrected chi connectivity index (χ2v) is 6.11. The van der Waals surface area contributed by atoms with E-state index in [-0.39, 0.29) is 5.78 Å². The summed E-state index contributed by atoms with van der Waals surface area (Å²) in [5, 5.41) is 0. The maximum absolute atomic E-state index is 12.4. The molecule has 0 aromatic heterocycles. The molecule has 0 atom stereocenters. The van der Waals surface area contributed by atoms with E-state index in [9.17, 15) is 4.79 Å². The van der Waals surface area contributed by atoms with Crippen molar-refractivity contribution < 1.29 is 19.0 Å². The quantitative estimate of drug-likeness (QED) is 0.403. The van der Waals surface area contributed by atoms with Crippen LogP contribution in [0.25, 0.3) is 6.08 Å². The minimum atomic E-state index is -0.106. The SMILES string of the molecule is COc1ccc(C(=O)/C=C/c2ccc(OCc3ccccc3)cc2)cc1OC. The van der Waals surface area contributed by atoms with Crippen LogP contribution in [0.1, 0.15) is 21.5 Å². The van der Waals surface area contributed by atoms with E-state index < -0.39 is 0 Å². The smallest absolute Gasteiger partial charge is 0.185 e. The van der Waals surface area contributed by atoms with Crippen molar-refractivity contribution in [2.75, 3.05) is 14.2 Å². The van der Waals surface area contributed by atoms with Gasteiger partial charge in [-0.05, 0) is 47.5 Å². The molecular formula is C24H22O4. The highest BCUT2D eigenvalue weighted by atomic mass is 16.5. The predicted octanol–water partition coefficient (Wildman–Crippen LogP) is 5.18. The molecule has 0 unspecified atom stereocenters. The number of carbonyl (C=O) groups excluding carboxylic acids is 1. The van der Waals surface area contributed by atoms with E-state index in [1.807, 2.05) is 54.6 Å². The number of hydrogen-bond donors (Lipinski definition) is 0. The van der Waals surface area contributed by atoms with Crippen LogP contribution >= 0.6 is 0 Å². The Labute approximate surface area is 165 Å². The lowest BCUT2D eigenvalue weighted by atomic mass is 10.1. The Morgan fingerprint density at radius 1 is 0.857 bits per heavy atom. The fourth-order valence-corrected chi connectivity index (χ4v) is 2.67. The summed E-state index contributed by atoms with van der Waals surface area (Å²) in [7, 11) is 3.11. The molecule has 4 nitrogen and oxygen atoms in total. The second kappa shape index (κ2) is 9.42. The number of allylic oxidation sites excluding steroid dienone is 1. The third-order valence-corrected chi connectivity index (χ3v) is 4.22. The summed E-state index contributed by atoms with van der Waals surface area (Å²) in [4.78, 5) is 12.4. The van der Waals surface area contributed by atoms with Gasteiger partial charge < -0.3 is 14.2 Å². The molecule has 0 N–H and O–H groups in total. The number of carbonyl (C=O) groups is 1. The van der Waals surface area contributed by atoms with Crippen molar-refractivity contribution >= 4 is 11.9 Å². The van der Waals surface area contributed by atoms with Gasteiger partial charge in [-0.2, -0.15) is 0 Å². The summed E-state index contributed by atoms with van der Waals surface area (Å²) >= 11 is 0. The van der Waals surface area contributed by atoms with Gasteiger partial charge in [0.2, 0.25) is 0 Å². The second-order valence-electron chi connectivity index (χ2n) is 6.11. The van der Waals surface area contributed by atoms with Crippen molar-refractivity contribution in [3.63, 3.8) is 0 Å². The molecule has 0 amide bonds. The monoisotopic (exact) mass is 374 g/mol. The number of benzene rings is 3. The molecule has 4 heteroatoms. The zero-order chi connectivity index (χ0) is 19.8.